The number of nitrogens with one attached hydrogen (secondary N) is 1. The van der Waals surface area contributed by atoms with Gasteiger partial charge in [0.05, 0.1) is 6.61 Å². The van der Waals surface area contributed by atoms with E-state index >= 15 is 0 Å². The molecule has 2 amide bonds. The second kappa shape index (κ2) is 9.80. The highest BCUT2D eigenvalue weighted by Crippen LogP contribution is 2.30. The number of hydrogen-bond donors (Lipinski definition) is 1. The molecule has 0 aliphatic rings. The molecule has 0 heterocycles. The molecule has 0 unspecified atom stereocenters. The first-order valence-electron chi connectivity index (χ1n) is 8.06. The van der Waals surface area contributed by atoms with Crippen LogP contribution in [0.25, 0.3) is 0 Å². The maximum absolute atomic E-state index is 13.9. The molecule has 2 aromatic rings. The van der Waals surface area contributed by atoms with Crippen molar-refractivity contribution in [2.24, 2.45) is 4.99 Å². The maximum atomic E-state index is 13.9. The van der Waals surface area contributed by atoms with Crippen LogP contribution in [0.2, 0.25) is 0 Å². The van der Waals surface area contributed by atoms with E-state index in [1.165, 1.54) is 12.1 Å². The third-order valence-electron chi connectivity index (χ3n) is 3.27. The lowest BCUT2D eigenvalue weighted by Crippen LogP contribution is -2.32. The van der Waals surface area contributed by atoms with Crippen LogP contribution in [0.5, 0.6) is 5.75 Å². The summed E-state index contributed by atoms with van der Waals surface area (Å²) in [5.41, 5.74) is -0.445. The molecule has 2 rings (SSSR count). The van der Waals surface area contributed by atoms with E-state index in [0.717, 1.165) is 30.3 Å². The number of anilines is 1. The molecule has 0 aromatic heterocycles. The number of carbonyl (C=O) groups excluding carboxylic acids is 1. The Morgan fingerprint density at radius 1 is 1.14 bits per heavy atom. The highest BCUT2D eigenvalue weighted by atomic mass is 35.5. The number of nitrogens with zero attached hydrogens (tertiary/aromatic N) is 1. The smallest absolute Gasteiger partial charge is 0.428 e. The summed E-state index contributed by atoms with van der Waals surface area (Å²) in [5, 5.41) is 2.31. The Balaban J connectivity index is 2.16. The summed E-state index contributed by atoms with van der Waals surface area (Å²) in [5.74, 6) is -2.71. The number of ether oxygens (including phenoxy) is 2. The van der Waals surface area contributed by atoms with Crippen molar-refractivity contribution >= 4 is 40.8 Å². The van der Waals surface area contributed by atoms with Crippen molar-refractivity contribution in [2.75, 3.05) is 11.9 Å². The van der Waals surface area contributed by atoms with Crippen molar-refractivity contribution in [3.05, 3.63) is 59.7 Å². The van der Waals surface area contributed by atoms with Gasteiger partial charge in [0.25, 0.3) is 0 Å². The Morgan fingerprint density at radius 3 is 2.24 bits per heavy atom. The third kappa shape index (κ3) is 6.23. The molecule has 0 bridgehead atoms. The number of amides is 2. The highest BCUT2D eigenvalue weighted by molar-refractivity contribution is 6.44. The minimum absolute atomic E-state index is 0.00225. The van der Waals surface area contributed by atoms with E-state index in [1.807, 2.05) is 0 Å². The van der Waals surface area contributed by atoms with E-state index in [4.69, 9.17) is 27.9 Å². The van der Waals surface area contributed by atoms with Crippen LogP contribution in [0.15, 0.2) is 47.5 Å². The zero-order valence-electron chi connectivity index (χ0n) is 14.8. The van der Waals surface area contributed by atoms with Gasteiger partial charge < -0.3 is 14.8 Å². The number of carbonyl (C=O) groups is 1. The minimum atomic E-state index is -3.81. The molecule has 11 heteroatoms. The number of aliphatic imine (C=N–C) groups is 1. The van der Waals surface area contributed by atoms with Crippen molar-refractivity contribution in [1.29, 1.82) is 0 Å². The first kappa shape index (κ1) is 22.8. The topological polar surface area (TPSA) is 59.9 Å². The van der Waals surface area contributed by atoms with Gasteiger partial charge in [0.1, 0.15) is 22.9 Å². The van der Waals surface area contributed by atoms with Crippen LogP contribution in [-0.4, -0.2) is 29.5 Å². The number of alkyl halides is 4. The van der Waals surface area contributed by atoms with Crippen molar-refractivity contribution in [3.8, 4) is 5.75 Å². The standard InChI is InChI=1S/C18H14Cl2F4N2O3/c1-2-28-15(14-12(21)4-3-5-13(14)22)26-17(27)25-10-6-8-11(9-7-10)29-18(23,24)16(19)20/h3-9,16H,2H2,1H3,(H,25,27)/b26-15-. The SMILES string of the molecule is CCO/C(=N\C(=O)Nc1ccc(OC(F)(F)C(Cl)Cl)cc1)c1c(F)cccc1F. The fourth-order valence-electron chi connectivity index (χ4n) is 2.05. The molecule has 0 saturated heterocycles. The van der Waals surface area contributed by atoms with Gasteiger partial charge >= 0.3 is 12.1 Å². The highest BCUT2D eigenvalue weighted by Gasteiger charge is 2.40. The van der Waals surface area contributed by atoms with Gasteiger partial charge in [-0.05, 0) is 43.3 Å². The molecular formula is C18H14Cl2F4N2O3. The van der Waals surface area contributed by atoms with Gasteiger partial charge in [-0.1, -0.05) is 29.3 Å². The van der Waals surface area contributed by atoms with Gasteiger partial charge in [0.15, 0.2) is 0 Å². The molecule has 0 fully saturated rings. The Labute approximate surface area is 173 Å². The lowest BCUT2D eigenvalue weighted by molar-refractivity contribution is -0.163. The average molecular weight is 453 g/mol. The first-order chi connectivity index (χ1) is 13.6. The largest absolute Gasteiger partial charge is 0.477 e. The van der Waals surface area contributed by atoms with Crippen molar-refractivity contribution < 1.29 is 31.8 Å². The average Bonchev–Trinajstić information content (AvgIpc) is 2.63. The quantitative estimate of drug-likeness (QED) is 0.262. The molecule has 0 aliphatic heterocycles. The second-order valence-electron chi connectivity index (χ2n) is 5.37. The number of benzene rings is 2. The molecule has 2 aromatic carbocycles. The Hall–Kier alpha value is -2.52. The van der Waals surface area contributed by atoms with E-state index in [2.05, 4.69) is 15.0 Å². The van der Waals surface area contributed by atoms with Crippen LogP contribution >= 0.6 is 23.2 Å². The van der Waals surface area contributed by atoms with Crippen LogP contribution in [0.1, 0.15) is 12.5 Å². The zero-order chi connectivity index (χ0) is 21.6. The van der Waals surface area contributed by atoms with E-state index < -0.39 is 40.1 Å². The van der Waals surface area contributed by atoms with Crippen molar-refractivity contribution in [1.82, 2.24) is 0 Å². The summed E-state index contributed by atoms with van der Waals surface area (Å²) in [6.07, 6.45) is -3.81. The summed E-state index contributed by atoms with van der Waals surface area (Å²) in [6.45, 7) is 1.55. The van der Waals surface area contributed by atoms with Crippen molar-refractivity contribution in [2.45, 2.75) is 17.9 Å². The summed E-state index contributed by atoms with van der Waals surface area (Å²) in [7, 11) is 0. The van der Waals surface area contributed by atoms with Gasteiger partial charge in [0.2, 0.25) is 10.7 Å². The third-order valence-corrected chi connectivity index (χ3v) is 3.78. The second-order valence-corrected chi connectivity index (χ2v) is 6.46. The van der Waals surface area contributed by atoms with E-state index in [0.29, 0.717) is 0 Å². The van der Waals surface area contributed by atoms with E-state index in [1.54, 1.807) is 6.92 Å². The van der Waals surface area contributed by atoms with E-state index in [9.17, 15) is 22.4 Å². The molecule has 156 valence electrons. The van der Waals surface area contributed by atoms with Gasteiger partial charge in [-0.25, -0.2) is 13.6 Å². The van der Waals surface area contributed by atoms with Gasteiger partial charge in [-0.3, -0.25) is 0 Å². The maximum Gasteiger partial charge on any atom is 0.428 e. The predicted molar refractivity (Wildman–Crippen MR) is 101 cm³/mol. The molecule has 0 atom stereocenters. The molecule has 0 spiro atoms. The Kier molecular flexibility index (Phi) is 7.69. The fraction of sp³-hybridized carbons (Fsp3) is 0.222. The number of hydrogen-bond acceptors (Lipinski definition) is 3. The monoisotopic (exact) mass is 452 g/mol. The molecular weight excluding hydrogens is 439 g/mol. The molecule has 0 radical (unpaired) electrons. The van der Waals surface area contributed by atoms with Crippen LogP contribution in [0.4, 0.5) is 28.0 Å². The van der Waals surface area contributed by atoms with E-state index in [-0.39, 0.29) is 18.0 Å². The van der Waals surface area contributed by atoms with Crippen LogP contribution in [0, 0.1) is 11.6 Å². The summed E-state index contributed by atoms with van der Waals surface area (Å²) >= 11 is 10.2. The lowest BCUT2D eigenvalue weighted by Gasteiger charge is -2.18. The molecule has 0 aliphatic carbocycles. The zero-order valence-corrected chi connectivity index (χ0v) is 16.3. The minimum Gasteiger partial charge on any atom is -0.477 e. The number of rotatable bonds is 6. The molecule has 29 heavy (non-hydrogen) atoms. The van der Waals surface area contributed by atoms with Crippen LogP contribution in [0.3, 0.4) is 0 Å². The normalized spacial score (nSPS) is 12.1. The fourth-order valence-corrected chi connectivity index (χ4v) is 2.14. The summed E-state index contributed by atoms with van der Waals surface area (Å²) in [6, 6.07) is 6.86. The number of urea groups is 1. The Morgan fingerprint density at radius 2 is 1.72 bits per heavy atom. The van der Waals surface area contributed by atoms with Crippen LogP contribution < -0.4 is 10.1 Å². The predicted octanol–water partition coefficient (Wildman–Crippen LogP) is 5.76. The molecule has 5 nitrogen and oxygen atoms in total. The number of halogens is 6. The van der Waals surface area contributed by atoms with Gasteiger partial charge in [-0.15, -0.1) is 0 Å². The van der Waals surface area contributed by atoms with Crippen molar-refractivity contribution in [3.63, 3.8) is 0 Å². The van der Waals surface area contributed by atoms with Gasteiger partial charge in [-0.2, -0.15) is 13.8 Å². The molecule has 1 N–H and O–H groups in total. The van der Waals surface area contributed by atoms with Gasteiger partial charge in [0, 0.05) is 5.69 Å². The lowest BCUT2D eigenvalue weighted by atomic mass is 10.2. The Bertz CT molecular complexity index is 873. The summed E-state index contributed by atoms with van der Waals surface area (Å²) < 4.78 is 63.9. The first-order valence-corrected chi connectivity index (χ1v) is 8.93. The summed E-state index contributed by atoms with van der Waals surface area (Å²) in [4.78, 5) is 13.5. The van der Waals surface area contributed by atoms with Crippen LogP contribution in [-0.2, 0) is 4.74 Å². The molecule has 0 saturated carbocycles.